The van der Waals surface area contributed by atoms with Gasteiger partial charge < -0.3 is 9.30 Å². The average Bonchev–Trinajstić information content (AvgIpc) is 3.57. The van der Waals surface area contributed by atoms with Gasteiger partial charge in [0.1, 0.15) is 11.5 Å². The number of rotatable bonds is 7. The Morgan fingerprint density at radius 2 is 1.35 bits per heavy atom. The molecule has 0 saturated carbocycles. The van der Waals surface area contributed by atoms with Gasteiger partial charge in [0.25, 0.3) is 0 Å². The highest BCUT2D eigenvalue weighted by atomic mass is 16.5. The summed E-state index contributed by atoms with van der Waals surface area (Å²) in [5, 5.41) is 2.43. The third-order valence-electron chi connectivity index (χ3n) is 10.1. The van der Waals surface area contributed by atoms with E-state index in [9.17, 15) is 0 Å². The van der Waals surface area contributed by atoms with E-state index in [-0.39, 0.29) is 5.41 Å². The van der Waals surface area contributed by atoms with Crippen molar-refractivity contribution in [1.29, 1.82) is 0 Å². The number of aromatic nitrogens is 1. The first-order valence-corrected chi connectivity index (χ1v) is 17.0. The number of aryl methyl sites for hydroxylation is 1. The summed E-state index contributed by atoms with van der Waals surface area (Å²) in [7, 11) is 0. The molecule has 1 heterocycles. The van der Waals surface area contributed by atoms with E-state index in [1.54, 1.807) is 0 Å². The van der Waals surface area contributed by atoms with Gasteiger partial charge in [-0.1, -0.05) is 130 Å². The normalized spacial score (nSPS) is 13.4. The van der Waals surface area contributed by atoms with Gasteiger partial charge in [-0.15, -0.1) is 0 Å². The average molecular weight is 634 g/mol. The minimum Gasteiger partial charge on any atom is -0.456 e. The van der Waals surface area contributed by atoms with Gasteiger partial charge in [-0.25, -0.2) is 0 Å². The molecular weight excluding hydrogens is 595 g/mol. The summed E-state index contributed by atoms with van der Waals surface area (Å²) in [6, 6.07) is 45.8. The zero-order valence-corrected chi connectivity index (χ0v) is 28.5. The van der Waals surface area contributed by atoms with Gasteiger partial charge in [0.15, 0.2) is 0 Å². The van der Waals surface area contributed by atoms with Crippen LogP contribution in [0.15, 0.2) is 158 Å². The molecule has 1 aromatic heterocycles. The Bertz CT molecular complexity index is 2470. The Morgan fingerprint density at radius 1 is 0.633 bits per heavy atom. The second kappa shape index (κ2) is 12.0. The van der Waals surface area contributed by atoms with E-state index in [0.29, 0.717) is 0 Å². The third kappa shape index (κ3) is 5.12. The van der Waals surface area contributed by atoms with Crippen molar-refractivity contribution < 1.29 is 4.74 Å². The molecule has 0 unspecified atom stereocenters. The summed E-state index contributed by atoms with van der Waals surface area (Å²) < 4.78 is 8.88. The number of ether oxygens (including phenoxy) is 1. The number of hydrogen-bond donors (Lipinski definition) is 0. The molecule has 0 aliphatic heterocycles. The van der Waals surface area contributed by atoms with Crippen LogP contribution in [0, 0.1) is 6.92 Å². The maximum atomic E-state index is 6.58. The molecule has 1 aliphatic rings. The highest BCUT2D eigenvalue weighted by Gasteiger charge is 2.37. The number of nitrogens with zero attached hydrogens (tertiary/aromatic N) is 1. The van der Waals surface area contributed by atoms with Crippen LogP contribution >= 0.6 is 0 Å². The van der Waals surface area contributed by atoms with Crippen LogP contribution in [0.3, 0.4) is 0 Å². The van der Waals surface area contributed by atoms with Crippen LogP contribution in [0.4, 0.5) is 0 Å². The van der Waals surface area contributed by atoms with E-state index in [4.69, 9.17) is 4.74 Å². The molecule has 49 heavy (non-hydrogen) atoms. The van der Waals surface area contributed by atoms with Crippen LogP contribution in [-0.4, -0.2) is 4.57 Å². The highest BCUT2D eigenvalue weighted by molar-refractivity contribution is 6.12. The lowest BCUT2D eigenvalue weighted by Crippen LogP contribution is -2.15. The Hall–Kier alpha value is -5.86. The van der Waals surface area contributed by atoms with Gasteiger partial charge in [0.05, 0.1) is 11.0 Å². The van der Waals surface area contributed by atoms with Crippen LogP contribution in [0.1, 0.15) is 37.5 Å². The van der Waals surface area contributed by atoms with Gasteiger partial charge in [0, 0.05) is 27.4 Å². The lowest BCUT2D eigenvalue weighted by molar-refractivity contribution is 0.480. The number of benzene rings is 6. The van der Waals surface area contributed by atoms with Crippen molar-refractivity contribution in [2.75, 3.05) is 0 Å². The Morgan fingerprint density at radius 3 is 2.16 bits per heavy atom. The van der Waals surface area contributed by atoms with E-state index in [2.05, 4.69) is 153 Å². The minimum atomic E-state index is -0.176. The van der Waals surface area contributed by atoms with Crippen molar-refractivity contribution in [2.24, 2.45) is 0 Å². The Kier molecular flexibility index (Phi) is 7.45. The number of hydrogen-bond acceptors (Lipinski definition) is 1. The van der Waals surface area contributed by atoms with Crippen molar-refractivity contribution in [1.82, 2.24) is 4.57 Å². The van der Waals surface area contributed by atoms with Crippen LogP contribution in [0.2, 0.25) is 0 Å². The molecule has 0 N–H and O–H groups in total. The van der Waals surface area contributed by atoms with Gasteiger partial charge in [-0.2, -0.15) is 0 Å². The van der Waals surface area contributed by atoms with Crippen LogP contribution in [0.25, 0.3) is 60.9 Å². The maximum absolute atomic E-state index is 6.58. The number of allylic oxidation sites excluding steroid dienone is 5. The fraction of sp³-hybridized carbons (Fsp3) is 0.106. The summed E-state index contributed by atoms with van der Waals surface area (Å²) in [6.45, 7) is 13.3. The first kappa shape index (κ1) is 30.5. The molecule has 0 radical (unpaired) electrons. The second-order valence-corrected chi connectivity index (χ2v) is 13.5. The van der Waals surface area contributed by atoms with Gasteiger partial charge >= 0.3 is 0 Å². The molecular formula is C47H39NO. The second-order valence-electron chi connectivity index (χ2n) is 13.5. The molecule has 2 heteroatoms. The van der Waals surface area contributed by atoms with E-state index in [1.165, 1.54) is 55.3 Å². The molecule has 6 aromatic carbocycles. The number of fused-ring (bicyclic) bond motifs is 6. The van der Waals surface area contributed by atoms with Crippen LogP contribution in [-0.2, 0) is 5.41 Å². The highest BCUT2D eigenvalue weighted by Crippen LogP contribution is 2.53. The number of para-hydroxylation sites is 1. The minimum absolute atomic E-state index is 0.176. The molecule has 0 fully saturated rings. The standard InChI is InChI=1S/C47H39NO/c1-6-7-9-16-32(3)48-42-27-24-34(33-17-10-8-11-18-33)28-39(42)37-25-22-36(30-43(37)48)35-23-26-38-41(29-35)47(4,5)40-19-14-21-45(46(38)40)49-44-20-13-12-15-31(44)2/h6-30H,3H2,1-2,4-5H3/b7-6-,16-9-. The smallest absolute Gasteiger partial charge is 0.135 e. The van der Waals surface area contributed by atoms with E-state index in [0.717, 1.165) is 33.8 Å². The first-order chi connectivity index (χ1) is 23.8. The summed E-state index contributed by atoms with van der Waals surface area (Å²) in [5.41, 5.74) is 14.0. The van der Waals surface area contributed by atoms with Gasteiger partial charge in [0.2, 0.25) is 0 Å². The van der Waals surface area contributed by atoms with Crippen molar-refractivity contribution >= 4 is 27.5 Å². The molecule has 8 rings (SSSR count). The molecule has 0 atom stereocenters. The van der Waals surface area contributed by atoms with E-state index in [1.807, 2.05) is 37.3 Å². The van der Waals surface area contributed by atoms with Crippen LogP contribution < -0.4 is 4.74 Å². The fourth-order valence-corrected chi connectivity index (χ4v) is 7.48. The predicted octanol–water partition coefficient (Wildman–Crippen LogP) is 13.1. The lowest BCUT2D eigenvalue weighted by Gasteiger charge is -2.22. The first-order valence-electron chi connectivity index (χ1n) is 17.0. The summed E-state index contributed by atoms with van der Waals surface area (Å²) in [4.78, 5) is 0. The van der Waals surface area contributed by atoms with Crippen molar-refractivity contribution in [2.45, 2.75) is 33.1 Å². The zero-order chi connectivity index (χ0) is 33.7. The molecule has 0 bridgehead atoms. The fourth-order valence-electron chi connectivity index (χ4n) is 7.48. The molecule has 1 aliphatic carbocycles. The third-order valence-corrected chi connectivity index (χ3v) is 10.1. The molecule has 0 amide bonds. The van der Waals surface area contributed by atoms with Crippen LogP contribution in [0.5, 0.6) is 11.5 Å². The van der Waals surface area contributed by atoms with E-state index < -0.39 is 0 Å². The summed E-state index contributed by atoms with van der Waals surface area (Å²) >= 11 is 0. The molecule has 238 valence electrons. The lowest BCUT2D eigenvalue weighted by atomic mass is 9.81. The van der Waals surface area contributed by atoms with E-state index >= 15 is 0 Å². The predicted molar refractivity (Wildman–Crippen MR) is 208 cm³/mol. The maximum Gasteiger partial charge on any atom is 0.135 e. The molecule has 0 saturated heterocycles. The topological polar surface area (TPSA) is 14.2 Å². The largest absolute Gasteiger partial charge is 0.456 e. The van der Waals surface area contributed by atoms with Gasteiger partial charge in [-0.3, -0.25) is 0 Å². The quantitative estimate of drug-likeness (QED) is 0.159. The Balaban J connectivity index is 1.26. The molecule has 2 nitrogen and oxygen atoms in total. The van der Waals surface area contributed by atoms with Crippen molar-refractivity contribution in [3.63, 3.8) is 0 Å². The van der Waals surface area contributed by atoms with Crippen molar-refractivity contribution in [3.05, 3.63) is 175 Å². The SMILES string of the molecule is C=C(/C=C\C=C/C)n1c2ccc(-c3ccccc3)cc2c2ccc(-c3ccc4c(c3)C(C)(C)c3cccc(Oc5ccccc5C)c3-4)cc21. The molecule has 7 aromatic rings. The summed E-state index contributed by atoms with van der Waals surface area (Å²) in [5.74, 6) is 1.79. The van der Waals surface area contributed by atoms with Gasteiger partial charge in [-0.05, 0) is 101 Å². The monoisotopic (exact) mass is 633 g/mol. The zero-order valence-electron chi connectivity index (χ0n) is 28.5. The summed E-state index contributed by atoms with van der Waals surface area (Å²) in [6.07, 6.45) is 8.22. The molecule has 0 spiro atoms. The Labute approximate surface area is 288 Å². The van der Waals surface area contributed by atoms with Crippen molar-refractivity contribution in [3.8, 4) is 44.9 Å².